The Balaban J connectivity index is 1.96. The lowest BCUT2D eigenvalue weighted by Crippen LogP contribution is -2.59. The maximum Gasteiger partial charge on any atom is 0.249 e. The molecule has 0 bridgehead atoms. The van der Waals surface area contributed by atoms with Crippen molar-refractivity contribution in [1.82, 2.24) is 10.2 Å². The molecule has 1 saturated heterocycles. The summed E-state index contributed by atoms with van der Waals surface area (Å²) in [6.45, 7) is 1.56. The van der Waals surface area contributed by atoms with E-state index in [1.165, 1.54) is 4.90 Å². The molecule has 0 aromatic heterocycles. The van der Waals surface area contributed by atoms with Crippen molar-refractivity contribution in [2.75, 3.05) is 6.54 Å². The Morgan fingerprint density at radius 2 is 2.18 bits per heavy atom. The molecule has 17 heavy (non-hydrogen) atoms. The van der Waals surface area contributed by atoms with Crippen LogP contribution < -0.4 is 11.1 Å². The van der Waals surface area contributed by atoms with Crippen LogP contribution in [0.5, 0.6) is 0 Å². The van der Waals surface area contributed by atoms with Crippen molar-refractivity contribution in [3.05, 3.63) is 0 Å². The first-order valence-electron chi connectivity index (χ1n) is 5.87. The van der Waals surface area contributed by atoms with Crippen LogP contribution in [0.3, 0.4) is 0 Å². The van der Waals surface area contributed by atoms with E-state index in [4.69, 9.17) is 5.73 Å². The van der Waals surface area contributed by atoms with Gasteiger partial charge in [0.05, 0.1) is 0 Å². The number of amides is 3. The third kappa shape index (κ3) is 2.63. The highest BCUT2D eigenvalue weighted by Crippen LogP contribution is 2.33. The van der Waals surface area contributed by atoms with E-state index in [0.717, 1.165) is 12.8 Å². The molecule has 6 nitrogen and oxygen atoms in total. The molecule has 0 aromatic carbocycles. The molecule has 1 aliphatic carbocycles. The van der Waals surface area contributed by atoms with Crippen molar-refractivity contribution in [1.29, 1.82) is 0 Å². The van der Waals surface area contributed by atoms with Gasteiger partial charge in [0, 0.05) is 12.5 Å². The molecule has 2 fully saturated rings. The lowest BCUT2D eigenvalue weighted by atomic mass is 10.1. The van der Waals surface area contributed by atoms with Crippen molar-refractivity contribution < 1.29 is 14.4 Å². The Kier molecular flexibility index (Phi) is 3.15. The SMILES string of the molecule is CC1C(=O)NC(=O)CN1C(=O)CC(N)C1CC1. The van der Waals surface area contributed by atoms with Gasteiger partial charge in [-0.05, 0) is 25.7 Å². The van der Waals surface area contributed by atoms with Gasteiger partial charge < -0.3 is 10.6 Å². The van der Waals surface area contributed by atoms with Crippen LogP contribution in [0.25, 0.3) is 0 Å². The summed E-state index contributed by atoms with van der Waals surface area (Å²) in [6, 6.07) is -0.735. The second-order valence-corrected chi connectivity index (χ2v) is 4.82. The third-order valence-electron chi connectivity index (χ3n) is 3.38. The predicted molar refractivity (Wildman–Crippen MR) is 59.6 cm³/mol. The van der Waals surface area contributed by atoms with Crippen LogP contribution in [0.4, 0.5) is 0 Å². The zero-order valence-electron chi connectivity index (χ0n) is 9.81. The summed E-state index contributed by atoms with van der Waals surface area (Å²) in [7, 11) is 0. The smallest absolute Gasteiger partial charge is 0.249 e. The van der Waals surface area contributed by atoms with E-state index < -0.39 is 17.9 Å². The molecule has 0 spiro atoms. The van der Waals surface area contributed by atoms with Gasteiger partial charge in [0.25, 0.3) is 0 Å². The zero-order valence-corrected chi connectivity index (χ0v) is 9.81. The van der Waals surface area contributed by atoms with Crippen LogP contribution in [0, 0.1) is 5.92 Å². The Hall–Kier alpha value is -1.43. The Labute approximate surface area is 99.5 Å². The van der Waals surface area contributed by atoms with Gasteiger partial charge in [-0.25, -0.2) is 0 Å². The molecule has 94 valence electrons. The highest BCUT2D eigenvalue weighted by Gasteiger charge is 2.36. The fraction of sp³-hybridized carbons (Fsp3) is 0.727. The first kappa shape index (κ1) is 12.0. The number of imide groups is 1. The molecule has 3 amide bonds. The number of hydrogen-bond acceptors (Lipinski definition) is 4. The fourth-order valence-corrected chi connectivity index (χ4v) is 2.03. The highest BCUT2D eigenvalue weighted by atomic mass is 16.2. The van der Waals surface area contributed by atoms with E-state index in [9.17, 15) is 14.4 Å². The van der Waals surface area contributed by atoms with Crippen LogP contribution in [-0.4, -0.2) is 41.2 Å². The summed E-state index contributed by atoms with van der Waals surface area (Å²) in [5.74, 6) is -0.625. The number of nitrogens with two attached hydrogens (primary N) is 1. The zero-order chi connectivity index (χ0) is 12.6. The summed E-state index contributed by atoms with van der Waals surface area (Å²) in [4.78, 5) is 35.9. The van der Waals surface area contributed by atoms with E-state index in [1.807, 2.05) is 0 Å². The van der Waals surface area contributed by atoms with Gasteiger partial charge in [-0.2, -0.15) is 0 Å². The summed E-state index contributed by atoms with van der Waals surface area (Å²) >= 11 is 0. The van der Waals surface area contributed by atoms with Crippen molar-refractivity contribution in [2.45, 2.75) is 38.3 Å². The minimum absolute atomic E-state index is 0.0525. The number of carbonyl (C=O) groups is 3. The van der Waals surface area contributed by atoms with Crippen molar-refractivity contribution in [2.24, 2.45) is 11.7 Å². The molecule has 1 aliphatic heterocycles. The molecule has 0 radical (unpaired) electrons. The van der Waals surface area contributed by atoms with Gasteiger partial charge in [-0.1, -0.05) is 0 Å². The predicted octanol–water partition coefficient (Wildman–Crippen LogP) is -1.01. The number of hydrogen-bond donors (Lipinski definition) is 2. The van der Waals surface area contributed by atoms with Crippen LogP contribution in [-0.2, 0) is 14.4 Å². The highest BCUT2D eigenvalue weighted by molar-refractivity contribution is 6.04. The number of piperazine rings is 1. The molecule has 6 heteroatoms. The largest absolute Gasteiger partial charge is 0.327 e. The van der Waals surface area contributed by atoms with E-state index in [1.54, 1.807) is 6.92 Å². The van der Waals surface area contributed by atoms with Gasteiger partial charge in [-0.15, -0.1) is 0 Å². The lowest BCUT2D eigenvalue weighted by molar-refractivity contribution is -0.149. The van der Waals surface area contributed by atoms with E-state index >= 15 is 0 Å². The van der Waals surface area contributed by atoms with Crippen molar-refractivity contribution >= 4 is 17.7 Å². The van der Waals surface area contributed by atoms with Crippen LogP contribution in [0.2, 0.25) is 0 Å². The summed E-state index contributed by atoms with van der Waals surface area (Å²) in [5, 5.41) is 2.20. The Morgan fingerprint density at radius 3 is 2.76 bits per heavy atom. The Bertz CT molecular complexity index is 365. The second kappa shape index (κ2) is 4.44. The minimum Gasteiger partial charge on any atom is -0.327 e. The average Bonchev–Trinajstić information content (AvgIpc) is 3.06. The van der Waals surface area contributed by atoms with Crippen LogP contribution in [0.15, 0.2) is 0 Å². The topological polar surface area (TPSA) is 92.5 Å². The van der Waals surface area contributed by atoms with E-state index in [-0.39, 0.29) is 24.9 Å². The average molecular weight is 239 g/mol. The summed E-state index contributed by atoms with van der Waals surface area (Å²) in [6.07, 6.45) is 2.36. The van der Waals surface area contributed by atoms with Crippen molar-refractivity contribution in [3.8, 4) is 0 Å². The number of nitrogens with one attached hydrogen (secondary N) is 1. The van der Waals surface area contributed by atoms with Gasteiger partial charge in [0.2, 0.25) is 17.7 Å². The van der Waals surface area contributed by atoms with Gasteiger partial charge >= 0.3 is 0 Å². The minimum atomic E-state index is -0.591. The molecular weight excluding hydrogens is 222 g/mol. The normalized spacial score (nSPS) is 26.7. The first-order valence-corrected chi connectivity index (χ1v) is 5.87. The number of carbonyl (C=O) groups excluding carboxylic acids is 3. The van der Waals surface area contributed by atoms with Crippen LogP contribution in [0.1, 0.15) is 26.2 Å². The number of nitrogens with zero attached hydrogens (tertiary/aromatic N) is 1. The number of rotatable bonds is 3. The fourth-order valence-electron chi connectivity index (χ4n) is 2.03. The molecule has 2 unspecified atom stereocenters. The van der Waals surface area contributed by atoms with Crippen molar-refractivity contribution in [3.63, 3.8) is 0 Å². The summed E-state index contributed by atoms with van der Waals surface area (Å²) < 4.78 is 0. The van der Waals surface area contributed by atoms with E-state index in [2.05, 4.69) is 5.32 Å². The molecule has 2 atom stereocenters. The van der Waals surface area contributed by atoms with E-state index in [0.29, 0.717) is 5.92 Å². The maximum atomic E-state index is 12.0. The molecule has 1 saturated carbocycles. The molecular formula is C11H17N3O3. The second-order valence-electron chi connectivity index (χ2n) is 4.82. The van der Waals surface area contributed by atoms with Gasteiger partial charge in [-0.3, -0.25) is 19.7 Å². The quantitative estimate of drug-likeness (QED) is 0.617. The standard InChI is InChI=1S/C11H17N3O3/c1-6-11(17)13-9(15)5-14(6)10(16)4-8(12)7-2-3-7/h6-8H,2-5,12H2,1H3,(H,13,15,17). The van der Waals surface area contributed by atoms with Gasteiger partial charge in [0.1, 0.15) is 12.6 Å². The summed E-state index contributed by atoms with van der Waals surface area (Å²) in [5.41, 5.74) is 5.87. The van der Waals surface area contributed by atoms with Crippen LogP contribution >= 0.6 is 0 Å². The molecule has 3 N–H and O–H groups in total. The molecule has 2 rings (SSSR count). The maximum absolute atomic E-state index is 12.0. The molecule has 0 aromatic rings. The molecule has 2 aliphatic rings. The third-order valence-corrected chi connectivity index (χ3v) is 3.38. The monoisotopic (exact) mass is 239 g/mol. The Morgan fingerprint density at radius 1 is 1.53 bits per heavy atom. The van der Waals surface area contributed by atoms with Gasteiger partial charge in [0.15, 0.2) is 0 Å². The lowest BCUT2D eigenvalue weighted by Gasteiger charge is -2.32. The molecule has 1 heterocycles. The first-order chi connectivity index (χ1) is 7.99.